The van der Waals surface area contributed by atoms with E-state index in [0.717, 1.165) is 12.5 Å². The fourth-order valence-corrected chi connectivity index (χ4v) is 2.67. The molecule has 1 saturated carbocycles. The third-order valence-corrected chi connectivity index (χ3v) is 3.48. The standard InChI is InChI=1S/C12H21N/c1-3-7-11-8-4-2-6-10-13-12(11)9-5-1/h11H,1-10H2. The van der Waals surface area contributed by atoms with Crippen molar-refractivity contribution in [1.29, 1.82) is 0 Å². The maximum atomic E-state index is 4.78. The van der Waals surface area contributed by atoms with Gasteiger partial charge in [0.15, 0.2) is 0 Å². The Labute approximate surface area is 81.6 Å². The molecule has 0 N–H and O–H groups in total. The second kappa shape index (κ2) is 4.78. The average Bonchev–Trinajstić information content (AvgIpc) is 2.30. The van der Waals surface area contributed by atoms with E-state index in [1.54, 1.807) is 5.71 Å². The molecular weight excluding hydrogens is 158 g/mol. The Morgan fingerprint density at radius 2 is 1.62 bits per heavy atom. The summed E-state index contributed by atoms with van der Waals surface area (Å²) in [6.45, 7) is 1.12. The molecule has 0 amide bonds. The minimum atomic E-state index is 0.878. The first-order chi connectivity index (χ1) is 6.47. The van der Waals surface area contributed by atoms with E-state index in [9.17, 15) is 0 Å². The van der Waals surface area contributed by atoms with Crippen molar-refractivity contribution in [2.45, 2.75) is 57.8 Å². The fourth-order valence-electron chi connectivity index (χ4n) is 2.67. The molecule has 74 valence electrons. The molecule has 0 radical (unpaired) electrons. The zero-order chi connectivity index (χ0) is 8.93. The van der Waals surface area contributed by atoms with Crippen molar-refractivity contribution in [2.24, 2.45) is 10.9 Å². The maximum Gasteiger partial charge on any atom is 0.0388 e. The lowest BCUT2D eigenvalue weighted by Gasteiger charge is -2.19. The van der Waals surface area contributed by atoms with Crippen LogP contribution in [-0.2, 0) is 0 Å². The van der Waals surface area contributed by atoms with Crippen molar-refractivity contribution in [3.05, 3.63) is 0 Å². The normalized spacial score (nSPS) is 30.8. The highest BCUT2D eigenvalue weighted by molar-refractivity contribution is 5.87. The van der Waals surface area contributed by atoms with Gasteiger partial charge in [0.05, 0.1) is 0 Å². The quantitative estimate of drug-likeness (QED) is 0.539. The summed E-state index contributed by atoms with van der Waals surface area (Å²) in [7, 11) is 0. The Kier molecular flexibility index (Phi) is 3.40. The molecule has 0 aromatic heterocycles. The number of rotatable bonds is 0. The van der Waals surface area contributed by atoms with Crippen LogP contribution in [-0.4, -0.2) is 12.3 Å². The van der Waals surface area contributed by atoms with Gasteiger partial charge in [0.1, 0.15) is 0 Å². The highest BCUT2D eigenvalue weighted by Gasteiger charge is 2.19. The number of fused-ring (bicyclic) bond motifs is 1. The van der Waals surface area contributed by atoms with E-state index in [-0.39, 0.29) is 0 Å². The second-order valence-corrected chi connectivity index (χ2v) is 4.52. The van der Waals surface area contributed by atoms with Crippen LogP contribution in [0.4, 0.5) is 0 Å². The number of hydrogen-bond acceptors (Lipinski definition) is 1. The van der Waals surface area contributed by atoms with Crippen LogP contribution in [0.1, 0.15) is 57.8 Å². The van der Waals surface area contributed by atoms with Crippen LogP contribution in [0.5, 0.6) is 0 Å². The molecule has 1 heterocycles. The van der Waals surface area contributed by atoms with Crippen molar-refractivity contribution in [2.75, 3.05) is 6.54 Å². The second-order valence-electron chi connectivity index (χ2n) is 4.52. The van der Waals surface area contributed by atoms with Crippen molar-refractivity contribution in [3.8, 4) is 0 Å². The lowest BCUT2D eigenvalue weighted by atomic mass is 9.91. The summed E-state index contributed by atoms with van der Waals surface area (Å²) in [5.41, 5.74) is 1.58. The molecule has 1 heteroatoms. The van der Waals surface area contributed by atoms with Crippen molar-refractivity contribution >= 4 is 5.71 Å². The summed E-state index contributed by atoms with van der Waals surface area (Å²) in [5, 5.41) is 0. The molecule has 0 aromatic rings. The van der Waals surface area contributed by atoms with Crippen LogP contribution < -0.4 is 0 Å². The minimum Gasteiger partial charge on any atom is -0.294 e. The third-order valence-electron chi connectivity index (χ3n) is 3.48. The summed E-state index contributed by atoms with van der Waals surface area (Å²) in [4.78, 5) is 4.78. The lowest BCUT2D eigenvalue weighted by molar-refractivity contribution is 0.504. The first-order valence-electron chi connectivity index (χ1n) is 6.00. The molecule has 1 aliphatic heterocycles. The van der Waals surface area contributed by atoms with Crippen LogP contribution >= 0.6 is 0 Å². The van der Waals surface area contributed by atoms with Gasteiger partial charge < -0.3 is 0 Å². The summed E-state index contributed by atoms with van der Waals surface area (Å²) in [5.74, 6) is 0.878. The predicted molar refractivity (Wildman–Crippen MR) is 57.3 cm³/mol. The topological polar surface area (TPSA) is 12.4 Å². The Bertz CT molecular complexity index is 184. The summed E-state index contributed by atoms with van der Waals surface area (Å²) >= 11 is 0. The van der Waals surface area contributed by atoms with Gasteiger partial charge >= 0.3 is 0 Å². The highest BCUT2D eigenvalue weighted by Crippen LogP contribution is 2.27. The van der Waals surface area contributed by atoms with Gasteiger partial charge in [0.25, 0.3) is 0 Å². The third kappa shape index (κ3) is 2.55. The molecule has 0 bridgehead atoms. The van der Waals surface area contributed by atoms with Gasteiger partial charge in [-0.2, -0.15) is 0 Å². The molecule has 13 heavy (non-hydrogen) atoms. The molecule has 0 spiro atoms. The molecule has 1 fully saturated rings. The zero-order valence-electron chi connectivity index (χ0n) is 8.60. The summed E-state index contributed by atoms with van der Waals surface area (Å²) < 4.78 is 0. The number of nitrogens with zero attached hydrogens (tertiary/aromatic N) is 1. The van der Waals surface area contributed by atoms with E-state index in [0.29, 0.717) is 0 Å². The van der Waals surface area contributed by atoms with Crippen molar-refractivity contribution < 1.29 is 0 Å². The van der Waals surface area contributed by atoms with E-state index in [1.807, 2.05) is 0 Å². The van der Waals surface area contributed by atoms with Gasteiger partial charge in [0, 0.05) is 12.3 Å². The fraction of sp³-hybridized carbons (Fsp3) is 0.917. The van der Waals surface area contributed by atoms with E-state index < -0.39 is 0 Å². The largest absolute Gasteiger partial charge is 0.294 e. The SMILES string of the molecule is C1CCN=C2CCCCCC2CC1. The molecular formula is C12H21N. The molecule has 1 nitrogen and oxygen atoms in total. The molecule has 1 unspecified atom stereocenters. The van der Waals surface area contributed by atoms with E-state index in [1.165, 1.54) is 57.8 Å². The molecule has 1 aliphatic carbocycles. The van der Waals surface area contributed by atoms with Crippen molar-refractivity contribution in [3.63, 3.8) is 0 Å². The van der Waals surface area contributed by atoms with Crippen molar-refractivity contribution in [1.82, 2.24) is 0 Å². The number of aliphatic imine (C=N–C) groups is 1. The van der Waals surface area contributed by atoms with E-state index in [4.69, 9.17) is 4.99 Å². The first kappa shape index (κ1) is 9.23. The van der Waals surface area contributed by atoms with Crippen LogP contribution in [0.15, 0.2) is 4.99 Å². The minimum absolute atomic E-state index is 0.878. The molecule has 0 saturated heterocycles. The molecule has 2 aliphatic rings. The van der Waals surface area contributed by atoms with Crippen LogP contribution in [0.2, 0.25) is 0 Å². The lowest BCUT2D eigenvalue weighted by Crippen LogP contribution is -2.15. The van der Waals surface area contributed by atoms with Gasteiger partial charge in [-0.05, 0) is 38.0 Å². The molecule has 1 atom stereocenters. The Hall–Kier alpha value is -0.330. The van der Waals surface area contributed by atoms with Gasteiger partial charge in [0.2, 0.25) is 0 Å². The van der Waals surface area contributed by atoms with Crippen LogP contribution in [0.25, 0.3) is 0 Å². The van der Waals surface area contributed by atoms with Gasteiger partial charge in [-0.1, -0.05) is 25.7 Å². The number of hydrogen-bond donors (Lipinski definition) is 0. The van der Waals surface area contributed by atoms with Gasteiger partial charge in [-0.25, -0.2) is 0 Å². The summed E-state index contributed by atoms with van der Waals surface area (Å²) in [6.07, 6.45) is 12.6. The van der Waals surface area contributed by atoms with Gasteiger partial charge in [-0.3, -0.25) is 4.99 Å². The van der Waals surface area contributed by atoms with E-state index in [2.05, 4.69) is 0 Å². The monoisotopic (exact) mass is 179 g/mol. The average molecular weight is 179 g/mol. The predicted octanol–water partition coefficient (Wildman–Crippen LogP) is 3.58. The Morgan fingerprint density at radius 3 is 2.46 bits per heavy atom. The van der Waals surface area contributed by atoms with E-state index >= 15 is 0 Å². The Balaban J connectivity index is 2.04. The summed E-state index contributed by atoms with van der Waals surface area (Å²) in [6, 6.07) is 0. The van der Waals surface area contributed by atoms with Crippen LogP contribution in [0, 0.1) is 5.92 Å². The smallest absolute Gasteiger partial charge is 0.0388 e. The van der Waals surface area contributed by atoms with Gasteiger partial charge in [-0.15, -0.1) is 0 Å². The highest BCUT2D eigenvalue weighted by atomic mass is 14.7. The Morgan fingerprint density at radius 1 is 0.846 bits per heavy atom. The molecule has 0 aromatic carbocycles. The van der Waals surface area contributed by atoms with Crippen LogP contribution in [0.3, 0.4) is 0 Å². The maximum absolute atomic E-state index is 4.78. The first-order valence-corrected chi connectivity index (χ1v) is 6.00. The zero-order valence-corrected chi connectivity index (χ0v) is 8.60. The molecule has 2 rings (SSSR count).